The van der Waals surface area contributed by atoms with Crippen molar-refractivity contribution in [2.45, 2.75) is 109 Å². The van der Waals surface area contributed by atoms with E-state index in [-0.39, 0.29) is 29.8 Å². The SMILES string of the molecule is Cc1ccc(NC(=O)[C@@H]2[C@@H]3C=C[C@]4(O3)[C@@H]2C(=O)N(C2CCCCC2)[C@H]4C(=O)N[C@@H]2CCC[C@H](C)[C@@H]2C)cc1C. The molecule has 2 bridgehead atoms. The Balaban J connectivity index is 1.31. The Kier molecular flexibility index (Phi) is 6.85. The third kappa shape index (κ3) is 4.32. The fourth-order valence-corrected chi connectivity index (χ4v) is 8.05. The van der Waals surface area contributed by atoms with E-state index in [0.29, 0.717) is 17.5 Å². The second kappa shape index (κ2) is 10.1. The van der Waals surface area contributed by atoms with Gasteiger partial charge in [-0.2, -0.15) is 0 Å². The van der Waals surface area contributed by atoms with Crippen molar-refractivity contribution < 1.29 is 19.1 Å². The number of hydrogen-bond donors (Lipinski definition) is 2. The highest BCUT2D eigenvalue weighted by Crippen LogP contribution is 2.56. The lowest BCUT2D eigenvalue weighted by Gasteiger charge is -2.40. The lowest BCUT2D eigenvalue weighted by Crippen LogP contribution is -2.59. The Morgan fingerprint density at radius 3 is 2.49 bits per heavy atom. The number of anilines is 1. The molecule has 210 valence electrons. The van der Waals surface area contributed by atoms with Crippen LogP contribution in [0.15, 0.2) is 30.4 Å². The predicted molar refractivity (Wildman–Crippen MR) is 150 cm³/mol. The Morgan fingerprint density at radius 1 is 0.974 bits per heavy atom. The number of fused-ring (bicyclic) bond motifs is 1. The van der Waals surface area contributed by atoms with Gasteiger partial charge in [-0.05, 0) is 68.2 Å². The van der Waals surface area contributed by atoms with E-state index >= 15 is 0 Å². The Morgan fingerprint density at radius 2 is 1.74 bits per heavy atom. The molecule has 3 aliphatic heterocycles. The lowest BCUT2D eigenvalue weighted by molar-refractivity contribution is -0.145. The van der Waals surface area contributed by atoms with Crippen LogP contribution >= 0.6 is 0 Å². The molecule has 2 saturated carbocycles. The first-order valence-corrected chi connectivity index (χ1v) is 15.1. The van der Waals surface area contributed by atoms with E-state index in [1.54, 1.807) is 0 Å². The molecule has 0 unspecified atom stereocenters. The van der Waals surface area contributed by atoms with Gasteiger partial charge in [-0.3, -0.25) is 14.4 Å². The summed E-state index contributed by atoms with van der Waals surface area (Å²) in [4.78, 5) is 44.1. The molecule has 2 N–H and O–H groups in total. The van der Waals surface area contributed by atoms with Gasteiger partial charge in [-0.1, -0.05) is 64.2 Å². The second-order valence-corrected chi connectivity index (χ2v) is 12.9. The minimum Gasteiger partial charge on any atom is -0.359 e. The number of likely N-dealkylation sites (tertiary alicyclic amines) is 1. The van der Waals surface area contributed by atoms with E-state index in [4.69, 9.17) is 4.74 Å². The van der Waals surface area contributed by atoms with E-state index in [1.807, 2.05) is 49.1 Å². The van der Waals surface area contributed by atoms with Crippen LogP contribution in [0.3, 0.4) is 0 Å². The minimum absolute atomic E-state index is 0.00388. The molecule has 39 heavy (non-hydrogen) atoms. The zero-order valence-electron chi connectivity index (χ0n) is 23.7. The van der Waals surface area contributed by atoms with Crippen LogP contribution < -0.4 is 10.6 Å². The molecule has 1 aromatic carbocycles. The molecule has 1 aromatic rings. The van der Waals surface area contributed by atoms with Crippen molar-refractivity contribution in [1.82, 2.24) is 10.2 Å². The minimum atomic E-state index is -1.10. The number of hydrogen-bond acceptors (Lipinski definition) is 4. The fraction of sp³-hybridized carbons (Fsp3) is 0.656. The summed E-state index contributed by atoms with van der Waals surface area (Å²) in [6, 6.07) is 5.19. The van der Waals surface area contributed by atoms with Crippen LogP contribution in [0.5, 0.6) is 0 Å². The first-order valence-electron chi connectivity index (χ1n) is 15.1. The third-order valence-corrected chi connectivity index (χ3v) is 10.6. The number of rotatable bonds is 5. The molecule has 0 aromatic heterocycles. The summed E-state index contributed by atoms with van der Waals surface area (Å²) in [5.41, 5.74) is 1.87. The summed E-state index contributed by atoms with van der Waals surface area (Å²) in [7, 11) is 0. The molecule has 2 saturated heterocycles. The quantitative estimate of drug-likeness (QED) is 0.539. The van der Waals surface area contributed by atoms with Crippen LogP contribution in [0.1, 0.15) is 76.3 Å². The molecule has 4 fully saturated rings. The van der Waals surface area contributed by atoms with Crippen molar-refractivity contribution in [3.8, 4) is 0 Å². The average molecular weight is 534 g/mol. The number of nitrogens with zero attached hydrogens (tertiary/aromatic N) is 1. The van der Waals surface area contributed by atoms with Crippen LogP contribution in [-0.4, -0.2) is 52.5 Å². The van der Waals surface area contributed by atoms with Crippen LogP contribution in [0.25, 0.3) is 0 Å². The van der Waals surface area contributed by atoms with Gasteiger partial charge in [-0.15, -0.1) is 0 Å². The summed E-state index contributed by atoms with van der Waals surface area (Å²) < 4.78 is 6.57. The number of aryl methyl sites for hydroxylation is 2. The van der Waals surface area contributed by atoms with E-state index in [2.05, 4.69) is 24.5 Å². The highest BCUT2D eigenvalue weighted by molar-refractivity contribution is 6.03. The van der Waals surface area contributed by atoms with Crippen molar-refractivity contribution in [3.63, 3.8) is 0 Å². The van der Waals surface area contributed by atoms with Gasteiger partial charge in [0.1, 0.15) is 11.6 Å². The Labute approximate surface area is 232 Å². The summed E-state index contributed by atoms with van der Waals surface area (Å²) in [5, 5.41) is 6.43. The first-order chi connectivity index (χ1) is 18.7. The van der Waals surface area contributed by atoms with Gasteiger partial charge in [-0.25, -0.2) is 0 Å². The molecular weight excluding hydrogens is 490 g/mol. The van der Waals surface area contributed by atoms with Crippen molar-refractivity contribution in [2.75, 3.05) is 5.32 Å². The topological polar surface area (TPSA) is 87.7 Å². The summed E-state index contributed by atoms with van der Waals surface area (Å²) in [6.45, 7) is 8.53. The van der Waals surface area contributed by atoms with Crippen molar-refractivity contribution in [2.24, 2.45) is 23.7 Å². The van der Waals surface area contributed by atoms with E-state index < -0.39 is 29.6 Å². The summed E-state index contributed by atoms with van der Waals surface area (Å²) in [5.74, 6) is -0.869. The maximum atomic E-state index is 14.3. The number of carbonyl (C=O) groups is 3. The first kappa shape index (κ1) is 26.5. The van der Waals surface area contributed by atoms with Gasteiger partial charge in [0.25, 0.3) is 0 Å². The van der Waals surface area contributed by atoms with E-state index in [9.17, 15) is 14.4 Å². The van der Waals surface area contributed by atoms with Gasteiger partial charge in [0.2, 0.25) is 17.7 Å². The molecule has 5 aliphatic rings. The molecule has 1 spiro atoms. The van der Waals surface area contributed by atoms with Crippen LogP contribution in [-0.2, 0) is 19.1 Å². The largest absolute Gasteiger partial charge is 0.359 e. The van der Waals surface area contributed by atoms with E-state index in [1.165, 1.54) is 6.42 Å². The average Bonchev–Trinajstić information content (AvgIpc) is 3.56. The van der Waals surface area contributed by atoms with Gasteiger partial charge < -0.3 is 20.3 Å². The fourth-order valence-electron chi connectivity index (χ4n) is 8.05. The standard InChI is InChI=1S/C32H43N3O4/c1-18-13-14-22(17-20(18)3)33-29(36)26-25-15-16-32(39-25)27(26)31(38)35(23-10-6-5-7-11-23)28(32)30(37)34-24-12-8-9-19(2)21(24)4/h13-17,19,21,23-28H,5-12H2,1-4H3,(H,33,36)(H,34,37)/t19-,21-,24+,25-,26+,27-,28-,32-/m0/s1. The maximum absolute atomic E-state index is 14.3. The van der Waals surface area contributed by atoms with Gasteiger partial charge in [0.05, 0.1) is 17.9 Å². The highest BCUT2D eigenvalue weighted by atomic mass is 16.5. The Hall–Kier alpha value is -2.67. The molecule has 8 atom stereocenters. The Bertz CT molecular complexity index is 1190. The molecule has 3 heterocycles. The van der Waals surface area contributed by atoms with Gasteiger partial charge in [0, 0.05) is 17.8 Å². The van der Waals surface area contributed by atoms with Crippen LogP contribution in [0.2, 0.25) is 0 Å². The molecule has 7 heteroatoms. The van der Waals surface area contributed by atoms with Crippen LogP contribution in [0.4, 0.5) is 5.69 Å². The zero-order chi connectivity index (χ0) is 27.5. The number of nitrogens with one attached hydrogen (secondary N) is 2. The normalized spacial score (nSPS) is 37.7. The smallest absolute Gasteiger partial charge is 0.246 e. The van der Waals surface area contributed by atoms with Crippen molar-refractivity contribution in [3.05, 3.63) is 41.5 Å². The summed E-state index contributed by atoms with van der Waals surface area (Å²) >= 11 is 0. The molecule has 7 nitrogen and oxygen atoms in total. The molecular formula is C32H43N3O4. The highest BCUT2D eigenvalue weighted by Gasteiger charge is 2.73. The molecule has 2 aliphatic carbocycles. The molecule has 0 radical (unpaired) electrons. The number of benzene rings is 1. The van der Waals surface area contributed by atoms with E-state index in [0.717, 1.165) is 56.1 Å². The number of carbonyl (C=O) groups excluding carboxylic acids is 3. The van der Waals surface area contributed by atoms with Gasteiger partial charge >= 0.3 is 0 Å². The third-order valence-electron chi connectivity index (χ3n) is 10.6. The summed E-state index contributed by atoms with van der Waals surface area (Å²) in [6.07, 6.45) is 11.6. The molecule has 3 amide bonds. The second-order valence-electron chi connectivity index (χ2n) is 12.9. The monoisotopic (exact) mass is 533 g/mol. The molecule has 6 rings (SSSR count). The lowest BCUT2D eigenvalue weighted by atomic mass is 9.73. The van der Waals surface area contributed by atoms with Crippen molar-refractivity contribution in [1.29, 1.82) is 0 Å². The predicted octanol–water partition coefficient (Wildman–Crippen LogP) is 4.67. The van der Waals surface area contributed by atoms with Gasteiger partial charge in [0.15, 0.2) is 0 Å². The van der Waals surface area contributed by atoms with Crippen molar-refractivity contribution >= 4 is 23.4 Å². The number of ether oxygens (including phenoxy) is 1. The number of amides is 3. The van der Waals surface area contributed by atoms with Crippen LogP contribution in [0, 0.1) is 37.5 Å². The maximum Gasteiger partial charge on any atom is 0.246 e. The zero-order valence-corrected chi connectivity index (χ0v) is 23.7.